The maximum Gasteiger partial charge on any atom is 0.252 e. The minimum atomic E-state index is -0.969. The zero-order valence-electron chi connectivity index (χ0n) is 15.2. The normalized spacial score (nSPS) is 10.2. The molecule has 1 heterocycles. The Bertz CT molecular complexity index is 1040. The zero-order valence-corrected chi connectivity index (χ0v) is 16.0. The molecule has 0 fully saturated rings. The summed E-state index contributed by atoms with van der Waals surface area (Å²) in [5.74, 6) is -1.33. The zero-order chi connectivity index (χ0) is 20.8. The smallest absolute Gasteiger partial charge is 0.252 e. The third kappa shape index (κ3) is 5.45. The van der Waals surface area contributed by atoms with Crippen LogP contribution in [-0.2, 0) is 0 Å². The van der Waals surface area contributed by atoms with E-state index in [-0.39, 0.29) is 11.0 Å². The molecule has 1 aromatic heterocycles. The fourth-order valence-electron chi connectivity index (χ4n) is 2.34. The van der Waals surface area contributed by atoms with E-state index in [1.165, 1.54) is 19.3 Å². The number of benzene rings is 2. The highest BCUT2D eigenvalue weighted by Crippen LogP contribution is 2.23. The lowest BCUT2D eigenvalue weighted by molar-refractivity contribution is 0.0962. The summed E-state index contributed by atoms with van der Waals surface area (Å²) in [7, 11) is 1.54. The first-order valence-corrected chi connectivity index (χ1v) is 8.84. The first kappa shape index (κ1) is 20.2. The average Bonchev–Trinajstić information content (AvgIpc) is 2.71. The third-order valence-corrected chi connectivity index (χ3v) is 3.92. The Kier molecular flexibility index (Phi) is 6.30. The number of amides is 1. The van der Waals surface area contributed by atoms with Gasteiger partial charge in [-0.15, -0.1) is 0 Å². The molecule has 0 aliphatic heterocycles. The van der Waals surface area contributed by atoms with Gasteiger partial charge >= 0.3 is 0 Å². The lowest BCUT2D eigenvalue weighted by atomic mass is 10.2. The molecule has 29 heavy (non-hydrogen) atoms. The molecule has 3 aromatic rings. The molecule has 0 saturated carbocycles. The number of carbonyl (C=O) groups is 1. The minimum absolute atomic E-state index is 0.196. The van der Waals surface area contributed by atoms with Crippen LogP contribution in [0, 0.1) is 11.6 Å². The number of thiocarbonyl (C=S) groups is 1. The van der Waals surface area contributed by atoms with Gasteiger partial charge in [0.2, 0.25) is 5.88 Å². The number of nitrogens with zero attached hydrogens (tertiary/aromatic N) is 1. The predicted molar refractivity (Wildman–Crippen MR) is 110 cm³/mol. The molecule has 3 N–H and O–H groups in total. The first-order valence-electron chi connectivity index (χ1n) is 8.44. The van der Waals surface area contributed by atoms with Crippen LogP contribution in [-0.4, -0.2) is 23.1 Å². The Morgan fingerprint density at radius 1 is 1.00 bits per heavy atom. The van der Waals surface area contributed by atoms with Gasteiger partial charge in [-0.2, -0.15) is 0 Å². The molecule has 0 bridgehead atoms. The highest BCUT2D eigenvalue weighted by Gasteiger charge is 2.07. The number of aromatic nitrogens is 1. The van der Waals surface area contributed by atoms with Crippen LogP contribution >= 0.6 is 12.2 Å². The van der Waals surface area contributed by atoms with E-state index in [1.807, 2.05) is 0 Å². The fraction of sp³-hybridized carbons (Fsp3) is 0.0500. The Hall–Kier alpha value is -3.59. The summed E-state index contributed by atoms with van der Waals surface area (Å²) < 4.78 is 32.0. The van der Waals surface area contributed by atoms with Gasteiger partial charge in [0.25, 0.3) is 5.91 Å². The van der Waals surface area contributed by atoms with Gasteiger partial charge in [0.15, 0.2) is 16.7 Å². The van der Waals surface area contributed by atoms with Crippen LogP contribution < -0.4 is 20.7 Å². The maximum atomic E-state index is 13.3. The standard InChI is InChI=1S/C20H16F2N4O2S/c1-23-19(27)12-5-8-18(24-11-12)28-15-4-2-3-13(9-15)25-20(29)26-14-6-7-16(21)17(22)10-14/h2-11H,1H3,(H,23,27)(H2,25,26,29). The van der Waals surface area contributed by atoms with Crippen molar-refractivity contribution in [3.05, 3.63) is 78.0 Å². The number of ether oxygens (including phenoxy) is 1. The highest BCUT2D eigenvalue weighted by atomic mass is 32.1. The molecule has 0 saturated heterocycles. The van der Waals surface area contributed by atoms with Gasteiger partial charge in [-0.1, -0.05) is 6.07 Å². The molecule has 6 nitrogen and oxygen atoms in total. The number of hydrogen-bond acceptors (Lipinski definition) is 4. The molecule has 148 valence electrons. The quantitative estimate of drug-likeness (QED) is 0.540. The van der Waals surface area contributed by atoms with Crippen molar-refractivity contribution in [2.45, 2.75) is 0 Å². The summed E-state index contributed by atoms with van der Waals surface area (Å²) >= 11 is 5.19. The Morgan fingerprint density at radius 3 is 2.41 bits per heavy atom. The molecule has 0 aliphatic rings. The number of rotatable bonds is 5. The van der Waals surface area contributed by atoms with Gasteiger partial charge in [0.05, 0.1) is 5.56 Å². The van der Waals surface area contributed by atoms with Gasteiger partial charge < -0.3 is 20.7 Å². The van der Waals surface area contributed by atoms with E-state index >= 15 is 0 Å². The third-order valence-electron chi connectivity index (χ3n) is 3.72. The first-order chi connectivity index (χ1) is 13.9. The highest BCUT2D eigenvalue weighted by molar-refractivity contribution is 7.80. The van der Waals surface area contributed by atoms with Crippen LogP contribution in [0.5, 0.6) is 11.6 Å². The summed E-state index contributed by atoms with van der Waals surface area (Å²) in [4.78, 5) is 15.6. The predicted octanol–water partition coefficient (Wildman–Crippen LogP) is 4.32. The number of hydrogen-bond donors (Lipinski definition) is 3. The number of nitrogens with one attached hydrogen (secondary N) is 3. The molecule has 3 rings (SSSR count). The van der Waals surface area contributed by atoms with Crippen molar-refractivity contribution < 1.29 is 18.3 Å². The van der Waals surface area contributed by atoms with Gasteiger partial charge in [0.1, 0.15) is 5.75 Å². The largest absolute Gasteiger partial charge is 0.439 e. The maximum absolute atomic E-state index is 13.3. The van der Waals surface area contributed by atoms with Crippen LogP contribution in [0.1, 0.15) is 10.4 Å². The van der Waals surface area contributed by atoms with E-state index in [0.29, 0.717) is 28.6 Å². The Balaban J connectivity index is 1.63. The summed E-state index contributed by atoms with van der Waals surface area (Å²) in [6, 6.07) is 13.5. The summed E-state index contributed by atoms with van der Waals surface area (Å²) in [5, 5.41) is 8.41. The second-order valence-electron chi connectivity index (χ2n) is 5.80. The molecular formula is C20H16F2N4O2S. The molecule has 0 aliphatic carbocycles. The van der Waals surface area contributed by atoms with E-state index in [4.69, 9.17) is 17.0 Å². The van der Waals surface area contributed by atoms with Gasteiger partial charge in [-0.05, 0) is 42.5 Å². The second kappa shape index (κ2) is 9.07. The van der Waals surface area contributed by atoms with Crippen molar-refractivity contribution in [3.63, 3.8) is 0 Å². The SMILES string of the molecule is CNC(=O)c1ccc(Oc2cccc(NC(=S)Nc3ccc(F)c(F)c3)c2)nc1. The monoisotopic (exact) mass is 414 g/mol. The second-order valence-corrected chi connectivity index (χ2v) is 6.21. The number of pyridine rings is 1. The van der Waals surface area contributed by atoms with Crippen LogP contribution in [0.2, 0.25) is 0 Å². The molecule has 2 aromatic carbocycles. The number of halogens is 2. The number of anilines is 2. The Labute approximate surface area is 170 Å². The van der Waals surface area contributed by atoms with E-state index in [1.54, 1.807) is 36.4 Å². The fourth-order valence-corrected chi connectivity index (χ4v) is 2.58. The van der Waals surface area contributed by atoms with Crippen molar-refractivity contribution in [3.8, 4) is 11.6 Å². The Morgan fingerprint density at radius 2 is 1.76 bits per heavy atom. The van der Waals surface area contributed by atoms with Crippen LogP contribution in [0.15, 0.2) is 60.8 Å². The van der Waals surface area contributed by atoms with Crippen molar-refractivity contribution >= 4 is 34.6 Å². The average molecular weight is 414 g/mol. The summed E-state index contributed by atoms with van der Waals surface area (Å²) in [5.41, 5.74) is 1.35. The van der Waals surface area contributed by atoms with E-state index in [2.05, 4.69) is 20.9 Å². The molecule has 0 spiro atoms. The van der Waals surface area contributed by atoms with Crippen LogP contribution in [0.25, 0.3) is 0 Å². The molecule has 0 radical (unpaired) electrons. The summed E-state index contributed by atoms with van der Waals surface area (Å²) in [6.07, 6.45) is 1.41. The van der Waals surface area contributed by atoms with Gasteiger partial charge in [-0.3, -0.25) is 4.79 Å². The molecule has 0 unspecified atom stereocenters. The van der Waals surface area contributed by atoms with Crippen molar-refractivity contribution in [1.29, 1.82) is 0 Å². The topological polar surface area (TPSA) is 75.3 Å². The molecule has 0 atom stereocenters. The lowest BCUT2D eigenvalue weighted by Crippen LogP contribution is -2.19. The van der Waals surface area contributed by atoms with Gasteiger partial charge in [-0.25, -0.2) is 13.8 Å². The van der Waals surface area contributed by atoms with Crippen LogP contribution in [0.4, 0.5) is 20.2 Å². The van der Waals surface area contributed by atoms with E-state index in [9.17, 15) is 13.6 Å². The van der Waals surface area contributed by atoms with Gasteiger partial charge in [0, 0.05) is 42.8 Å². The lowest BCUT2D eigenvalue weighted by Gasteiger charge is -2.12. The number of carbonyl (C=O) groups excluding carboxylic acids is 1. The van der Waals surface area contributed by atoms with Crippen molar-refractivity contribution in [2.24, 2.45) is 0 Å². The van der Waals surface area contributed by atoms with E-state index in [0.717, 1.165) is 12.1 Å². The van der Waals surface area contributed by atoms with Crippen LogP contribution in [0.3, 0.4) is 0 Å². The molecular weight excluding hydrogens is 398 g/mol. The molecule has 1 amide bonds. The van der Waals surface area contributed by atoms with Crippen molar-refractivity contribution in [2.75, 3.05) is 17.7 Å². The van der Waals surface area contributed by atoms with E-state index < -0.39 is 11.6 Å². The minimum Gasteiger partial charge on any atom is -0.439 e. The summed E-state index contributed by atoms with van der Waals surface area (Å²) in [6.45, 7) is 0. The van der Waals surface area contributed by atoms with Crippen molar-refractivity contribution in [1.82, 2.24) is 10.3 Å². The molecule has 9 heteroatoms.